The van der Waals surface area contributed by atoms with Crippen LogP contribution in [0.4, 0.5) is 8.78 Å². The smallest absolute Gasteiger partial charge is 0.211 e. The fraction of sp³-hybridized carbons (Fsp3) is 0.0455. The fourth-order valence-electron chi connectivity index (χ4n) is 2.58. The van der Waals surface area contributed by atoms with Crippen LogP contribution in [0.3, 0.4) is 0 Å². The van der Waals surface area contributed by atoms with E-state index in [-0.39, 0.29) is 24.9 Å². The molecule has 5 nitrogen and oxygen atoms in total. The summed E-state index contributed by atoms with van der Waals surface area (Å²) < 4.78 is 26.5. The Morgan fingerprint density at radius 1 is 0.800 bits per heavy atom. The van der Waals surface area contributed by atoms with Gasteiger partial charge < -0.3 is 11.5 Å². The summed E-state index contributed by atoms with van der Waals surface area (Å²) in [5.74, 6) is -1.28. The average molecular weight is 428 g/mol. The predicted molar refractivity (Wildman–Crippen MR) is 120 cm³/mol. The maximum atomic E-state index is 13.6. The van der Waals surface area contributed by atoms with E-state index in [2.05, 4.69) is 15.2 Å². The van der Waals surface area contributed by atoms with Crippen molar-refractivity contribution in [3.63, 3.8) is 0 Å². The second-order valence-corrected chi connectivity index (χ2v) is 6.22. The minimum atomic E-state index is -0.597. The van der Waals surface area contributed by atoms with E-state index in [0.717, 1.165) is 28.3 Å². The number of halogens is 3. The summed E-state index contributed by atoms with van der Waals surface area (Å²) in [6.45, 7) is 0.150. The molecule has 0 amide bonds. The van der Waals surface area contributed by atoms with Crippen molar-refractivity contribution < 1.29 is 8.78 Å². The molecule has 0 aliphatic rings. The quantitative estimate of drug-likeness (QED) is 0.349. The van der Waals surface area contributed by atoms with Crippen LogP contribution in [0, 0.1) is 11.6 Å². The van der Waals surface area contributed by atoms with Crippen LogP contribution in [0.15, 0.2) is 81.9 Å². The first-order valence-corrected chi connectivity index (χ1v) is 8.77. The van der Waals surface area contributed by atoms with Gasteiger partial charge in [-0.25, -0.2) is 8.78 Å². The van der Waals surface area contributed by atoms with Crippen molar-refractivity contribution in [1.29, 1.82) is 0 Å². The van der Waals surface area contributed by atoms with E-state index in [9.17, 15) is 8.78 Å². The summed E-state index contributed by atoms with van der Waals surface area (Å²) in [4.78, 5) is 4.23. The van der Waals surface area contributed by atoms with E-state index in [1.165, 1.54) is 12.1 Å². The van der Waals surface area contributed by atoms with Crippen molar-refractivity contribution in [2.75, 3.05) is 0 Å². The number of hydrogen-bond acceptors (Lipinski definition) is 3. The normalized spacial score (nSPS) is 10.9. The van der Waals surface area contributed by atoms with Crippen molar-refractivity contribution >= 4 is 30.8 Å². The molecule has 0 saturated heterocycles. The van der Waals surface area contributed by atoms with Gasteiger partial charge in [-0.2, -0.15) is 5.10 Å². The maximum Gasteiger partial charge on any atom is 0.211 e. The van der Waals surface area contributed by atoms with Crippen LogP contribution in [-0.4, -0.2) is 18.4 Å². The van der Waals surface area contributed by atoms with Crippen molar-refractivity contribution in [2.45, 2.75) is 6.54 Å². The number of nitrogens with zero attached hydrogens (tertiary/aromatic N) is 3. The summed E-state index contributed by atoms with van der Waals surface area (Å²) in [6, 6.07) is 19.0. The summed E-state index contributed by atoms with van der Waals surface area (Å²) in [5.41, 5.74) is 14.6. The highest BCUT2D eigenvalue weighted by atomic mass is 35.5. The third-order valence-corrected chi connectivity index (χ3v) is 4.05. The Morgan fingerprint density at radius 2 is 1.37 bits per heavy atom. The van der Waals surface area contributed by atoms with E-state index in [4.69, 9.17) is 11.5 Å². The zero-order chi connectivity index (χ0) is 20.6. The van der Waals surface area contributed by atoms with Crippen LogP contribution in [0.5, 0.6) is 0 Å². The Morgan fingerprint density at radius 3 is 1.90 bits per heavy atom. The predicted octanol–water partition coefficient (Wildman–Crippen LogP) is 4.28. The van der Waals surface area contributed by atoms with Crippen molar-refractivity contribution in [3.05, 3.63) is 95.1 Å². The highest BCUT2D eigenvalue weighted by molar-refractivity contribution is 5.85. The molecule has 0 spiro atoms. The van der Waals surface area contributed by atoms with Crippen LogP contribution in [0.2, 0.25) is 0 Å². The highest BCUT2D eigenvalue weighted by Crippen LogP contribution is 2.20. The molecule has 0 aliphatic heterocycles. The minimum absolute atomic E-state index is 0. The second-order valence-electron chi connectivity index (χ2n) is 6.22. The number of rotatable bonds is 6. The Bertz CT molecular complexity index is 1060. The Hall–Kier alpha value is -3.58. The average Bonchev–Trinajstić information content (AvgIpc) is 2.70. The molecule has 30 heavy (non-hydrogen) atoms. The second kappa shape index (κ2) is 10.8. The molecule has 0 atom stereocenters. The van der Waals surface area contributed by atoms with Gasteiger partial charge in [-0.1, -0.05) is 54.6 Å². The standard InChI is InChI=1S/C22H19F2N5.ClH/c23-20-10-9-19(21(24)11-20)14-27-12-15-1-5-17(6-2-15)18-7-3-16(4-8-18)13-28-29-22(25)26;/h1-13H,14H2,(H4,25,26,29);1H/b27-12?,28-13+;. The van der Waals surface area contributed by atoms with Gasteiger partial charge in [0.05, 0.1) is 12.8 Å². The first kappa shape index (κ1) is 22.7. The van der Waals surface area contributed by atoms with Gasteiger partial charge >= 0.3 is 0 Å². The molecule has 0 heterocycles. The summed E-state index contributed by atoms with van der Waals surface area (Å²) in [5, 5.41) is 7.33. The lowest BCUT2D eigenvalue weighted by molar-refractivity contribution is 0.573. The van der Waals surface area contributed by atoms with Gasteiger partial charge in [0.1, 0.15) is 11.6 Å². The molecular formula is C22H20ClF2N5. The molecule has 3 aromatic carbocycles. The summed E-state index contributed by atoms with van der Waals surface area (Å²) in [6.07, 6.45) is 3.23. The molecular weight excluding hydrogens is 408 g/mol. The molecule has 0 fully saturated rings. The summed E-state index contributed by atoms with van der Waals surface area (Å²) in [7, 11) is 0. The van der Waals surface area contributed by atoms with E-state index in [1.807, 2.05) is 48.5 Å². The number of nitrogens with two attached hydrogens (primary N) is 2. The van der Waals surface area contributed by atoms with Gasteiger partial charge in [0.2, 0.25) is 5.96 Å². The van der Waals surface area contributed by atoms with Gasteiger partial charge in [0.25, 0.3) is 0 Å². The topological polar surface area (TPSA) is 89.1 Å². The fourth-order valence-corrected chi connectivity index (χ4v) is 2.58. The van der Waals surface area contributed by atoms with Crippen LogP contribution in [-0.2, 0) is 6.54 Å². The van der Waals surface area contributed by atoms with Crippen molar-refractivity contribution in [2.24, 2.45) is 26.7 Å². The lowest BCUT2D eigenvalue weighted by atomic mass is 10.0. The molecule has 154 valence electrons. The zero-order valence-electron chi connectivity index (χ0n) is 15.9. The number of guanidine groups is 1. The third-order valence-electron chi connectivity index (χ3n) is 4.05. The van der Waals surface area contributed by atoms with Gasteiger partial charge in [-0.3, -0.25) is 4.99 Å². The summed E-state index contributed by atoms with van der Waals surface area (Å²) >= 11 is 0. The highest BCUT2D eigenvalue weighted by Gasteiger charge is 2.02. The van der Waals surface area contributed by atoms with Crippen molar-refractivity contribution in [3.8, 4) is 11.1 Å². The molecule has 0 radical (unpaired) electrons. The Balaban J connectivity index is 0.00000320. The van der Waals surface area contributed by atoms with Crippen molar-refractivity contribution in [1.82, 2.24) is 0 Å². The lowest BCUT2D eigenvalue weighted by Gasteiger charge is -2.03. The van der Waals surface area contributed by atoms with Crippen LogP contribution in [0.1, 0.15) is 16.7 Å². The minimum Gasteiger partial charge on any atom is -0.369 e. The largest absolute Gasteiger partial charge is 0.369 e. The Labute approximate surface area is 179 Å². The molecule has 3 rings (SSSR count). The third kappa shape index (κ3) is 6.49. The molecule has 0 bridgehead atoms. The van der Waals surface area contributed by atoms with E-state index >= 15 is 0 Å². The first-order valence-electron chi connectivity index (χ1n) is 8.77. The molecule has 3 aromatic rings. The Kier molecular flexibility index (Phi) is 8.19. The van der Waals surface area contributed by atoms with Crippen LogP contribution < -0.4 is 11.5 Å². The molecule has 8 heteroatoms. The molecule has 0 aromatic heterocycles. The first-order chi connectivity index (χ1) is 14.0. The molecule has 0 aliphatic carbocycles. The maximum absolute atomic E-state index is 13.6. The van der Waals surface area contributed by atoms with Crippen LogP contribution >= 0.6 is 12.4 Å². The van der Waals surface area contributed by atoms with E-state index in [0.29, 0.717) is 5.56 Å². The SMILES string of the molecule is Cl.NC(N)=N/N=C/c1ccc(-c2ccc(C=NCc3ccc(F)cc3F)cc2)cc1. The van der Waals surface area contributed by atoms with Crippen LogP contribution in [0.25, 0.3) is 11.1 Å². The van der Waals surface area contributed by atoms with Gasteiger partial charge in [-0.15, -0.1) is 17.5 Å². The molecule has 4 N–H and O–H groups in total. The number of benzene rings is 3. The van der Waals surface area contributed by atoms with E-state index < -0.39 is 11.6 Å². The molecule has 0 unspecified atom stereocenters. The van der Waals surface area contributed by atoms with Gasteiger partial charge in [0, 0.05) is 17.8 Å². The van der Waals surface area contributed by atoms with Gasteiger partial charge in [0.15, 0.2) is 0 Å². The monoisotopic (exact) mass is 427 g/mol. The van der Waals surface area contributed by atoms with Gasteiger partial charge in [-0.05, 0) is 28.3 Å². The molecule has 0 saturated carbocycles. The number of hydrogen-bond donors (Lipinski definition) is 2. The van der Waals surface area contributed by atoms with E-state index in [1.54, 1.807) is 12.4 Å². The number of aliphatic imine (C=N–C) groups is 1. The lowest BCUT2D eigenvalue weighted by Crippen LogP contribution is -2.21. The zero-order valence-corrected chi connectivity index (χ0v) is 16.7.